The molecule has 1 aromatic rings. The molecule has 1 aromatic carbocycles. The Morgan fingerprint density at radius 1 is 1.33 bits per heavy atom. The molecule has 4 nitrogen and oxygen atoms in total. The van der Waals surface area contributed by atoms with E-state index in [0.717, 1.165) is 42.6 Å². The maximum Gasteiger partial charge on any atom is 0.241 e. The molecule has 2 N–H and O–H groups in total. The molecule has 2 rings (SSSR count). The van der Waals surface area contributed by atoms with E-state index < -0.39 is 0 Å². The van der Waals surface area contributed by atoms with Crippen LogP contribution in [0.3, 0.4) is 0 Å². The van der Waals surface area contributed by atoms with E-state index in [1.54, 1.807) is 0 Å². The lowest BCUT2D eigenvalue weighted by Gasteiger charge is -2.32. The SMILES string of the molecule is CCN1CCC(N[C@H](C)C(=O)Nc2ccc(Br)cc2)CC1. The minimum Gasteiger partial charge on any atom is -0.325 e. The number of anilines is 1. The monoisotopic (exact) mass is 353 g/mol. The highest BCUT2D eigenvalue weighted by molar-refractivity contribution is 9.10. The summed E-state index contributed by atoms with van der Waals surface area (Å²) >= 11 is 3.39. The van der Waals surface area contributed by atoms with Gasteiger partial charge in [-0.3, -0.25) is 4.79 Å². The van der Waals surface area contributed by atoms with E-state index in [2.05, 4.69) is 38.4 Å². The van der Waals surface area contributed by atoms with Gasteiger partial charge in [0.05, 0.1) is 6.04 Å². The van der Waals surface area contributed by atoms with Gasteiger partial charge in [-0.1, -0.05) is 22.9 Å². The number of hydrogen-bond donors (Lipinski definition) is 2. The third-order valence-electron chi connectivity index (χ3n) is 4.03. The Labute approximate surface area is 135 Å². The second kappa shape index (κ2) is 7.92. The van der Waals surface area contributed by atoms with Crippen LogP contribution in [0, 0.1) is 0 Å². The smallest absolute Gasteiger partial charge is 0.241 e. The van der Waals surface area contributed by atoms with Crippen molar-refractivity contribution in [1.82, 2.24) is 10.2 Å². The van der Waals surface area contributed by atoms with E-state index in [0.29, 0.717) is 6.04 Å². The highest BCUT2D eigenvalue weighted by Gasteiger charge is 2.22. The maximum atomic E-state index is 12.2. The summed E-state index contributed by atoms with van der Waals surface area (Å²) in [6.07, 6.45) is 2.23. The van der Waals surface area contributed by atoms with Crippen LogP contribution in [-0.2, 0) is 4.79 Å². The Balaban J connectivity index is 1.78. The fourth-order valence-corrected chi connectivity index (χ4v) is 2.89. The first-order valence-corrected chi connectivity index (χ1v) is 8.42. The van der Waals surface area contributed by atoms with Crippen LogP contribution in [0.1, 0.15) is 26.7 Å². The summed E-state index contributed by atoms with van der Waals surface area (Å²) in [7, 11) is 0. The minimum atomic E-state index is -0.174. The molecule has 1 saturated heterocycles. The molecule has 0 saturated carbocycles. The maximum absolute atomic E-state index is 12.2. The number of hydrogen-bond acceptors (Lipinski definition) is 3. The number of amides is 1. The van der Waals surface area contributed by atoms with Gasteiger partial charge in [-0.25, -0.2) is 0 Å². The van der Waals surface area contributed by atoms with Crippen LogP contribution in [0.25, 0.3) is 0 Å². The average molecular weight is 354 g/mol. The zero-order chi connectivity index (χ0) is 15.2. The first kappa shape index (κ1) is 16.5. The lowest BCUT2D eigenvalue weighted by molar-refractivity contribution is -0.118. The first-order valence-electron chi connectivity index (χ1n) is 7.63. The first-order chi connectivity index (χ1) is 10.1. The average Bonchev–Trinajstić information content (AvgIpc) is 2.50. The topological polar surface area (TPSA) is 44.4 Å². The molecule has 0 bridgehead atoms. The van der Waals surface area contributed by atoms with Crippen molar-refractivity contribution >= 4 is 27.5 Å². The Morgan fingerprint density at radius 3 is 2.52 bits per heavy atom. The molecular formula is C16H24BrN3O. The summed E-state index contributed by atoms with van der Waals surface area (Å²) < 4.78 is 1.01. The van der Waals surface area contributed by atoms with Gasteiger partial charge in [0.2, 0.25) is 5.91 Å². The second-order valence-electron chi connectivity index (χ2n) is 5.59. The number of carbonyl (C=O) groups excluding carboxylic acids is 1. The van der Waals surface area contributed by atoms with Crippen LogP contribution in [0.15, 0.2) is 28.7 Å². The molecule has 1 aliphatic rings. The molecule has 0 radical (unpaired) electrons. The van der Waals surface area contributed by atoms with E-state index in [1.165, 1.54) is 0 Å². The molecule has 0 aromatic heterocycles. The van der Waals surface area contributed by atoms with Gasteiger partial charge < -0.3 is 15.5 Å². The largest absolute Gasteiger partial charge is 0.325 e. The van der Waals surface area contributed by atoms with Gasteiger partial charge in [0.25, 0.3) is 0 Å². The molecule has 5 heteroatoms. The zero-order valence-corrected chi connectivity index (χ0v) is 14.3. The fraction of sp³-hybridized carbons (Fsp3) is 0.562. The van der Waals surface area contributed by atoms with Gasteiger partial charge in [0, 0.05) is 16.2 Å². The molecule has 0 spiro atoms. The van der Waals surface area contributed by atoms with Gasteiger partial charge in [-0.05, 0) is 63.7 Å². The van der Waals surface area contributed by atoms with E-state index >= 15 is 0 Å². The van der Waals surface area contributed by atoms with Crippen molar-refractivity contribution in [3.8, 4) is 0 Å². The van der Waals surface area contributed by atoms with Crippen LogP contribution in [0.2, 0.25) is 0 Å². The summed E-state index contributed by atoms with van der Waals surface area (Å²) in [5.74, 6) is 0.0234. The normalized spacial score (nSPS) is 18.4. The van der Waals surface area contributed by atoms with Gasteiger partial charge in [-0.15, -0.1) is 0 Å². The van der Waals surface area contributed by atoms with Gasteiger partial charge in [0.15, 0.2) is 0 Å². The number of nitrogens with zero attached hydrogens (tertiary/aromatic N) is 1. The molecule has 1 amide bonds. The predicted octanol–water partition coefficient (Wildman–Crippen LogP) is 2.85. The summed E-state index contributed by atoms with van der Waals surface area (Å²) in [5, 5.41) is 6.39. The Bertz CT molecular complexity index is 455. The molecule has 21 heavy (non-hydrogen) atoms. The fourth-order valence-electron chi connectivity index (χ4n) is 2.63. The summed E-state index contributed by atoms with van der Waals surface area (Å²) in [6.45, 7) is 7.49. The highest BCUT2D eigenvalue weighted by atomic mass is 79.9. The number of halogens is 1. The lowest BCUT2D eigenvalue weighted by atomic mass is 10.0. The van der Waals surface area contributed by atoms with Crippen molar-refractivity contribution in [3.05, 3.63) is 28.7 Å². The van der Waals surface area contributed by atoms with Gasteiger partial charge in [-0.2, -0.15) is 0 Å². The molecule has 0 unspecified atom stereocenters. The van der Waals surface area contributed by atoms with E-state index in [4.69, 9.17) is 0 Å². The molecule has 1 atom stereocenters. The molecule has 1 heterocycles. The summed E-state index contributed by atoms with van der Waals surface area (Å²) in [5.41, 5.74) is 0.831. The third kappa shape index (κ3) is 5.09. The molecule has 116 valence electrons. The number of nitrogens with one attached hydrogen (secondary N) is 2. The van der Waals surface area contributed by atoms with Crippen molar-refractivity contribution in [2.75, 3.05) is 25.0 Å². The Hall–Kier alpha value is -0.910. The predicted molar refractivity (Wildman–Crippen MR) is 90.5 cm³/mol. The number of carbonyl (C=O) groups is 1. The van der Waals surface area contributed by atoms with Crippen molar-refractivity contribution in [3.63, 3.8) is 0 Å². The van der Waals surface area contributed by atoms with Crippen molar-refractivity contribution in [2.24, 2.45) is 0 Å². The summed E-state index contributed by atoms with van der Waals surface area (Å²) in [4.78, 5) is 14.6. The van der Waals surface area contributed by atoms with Crippen molar-refractivity contribution in [2.45, 2.75) is 38.8 Å². The van der Waals surface area contributed by atoms with Gasteiger partial charge >= 0.3 is 0 Å². The Kier molecular flexibility index (Phi) is 6.21. The van der Waals surface area contributed by atoms with E-state index in [1.807, 2.05) is 31.2 Å². The molecule has 0 aliphatic carbocycles. The lowest BCUT2D eigenvalue weighted by Crippen LogP contribution is -2.48. The van der Waals surface area contributed by atoms with Crippen molar-refractivity contribution < 1.29 is 4.79 Å². The molecule has 1 fully saturated rings. The van der Waals surface area contributed by atoms with Crippen LogP contribution in [0.5, 0.6) is 0 Å². The molecule has 1 aliphatic heterocycles. The van der Waals surface area contributed by atoms with Crippen LogP contribution < -0.4 is 10.6 Å². The second-order valence-corrected chi connectivity index (χ2v) is 6.51. The minimum absolute atomic E-state index is 0.0234. The number of piperidine rings is 1. The van der Waals surface area contributed by atoms with Crippen LogP contribution in [0.4, 0.5) is 5.69 Å². The molecular weight excluding hydrogens is 330 g/mol. The number of benzene rings is 1. The van der Waals surface area contributed by atoms with E-state index in [9.17, 15) is 4.79 Å². The van der Waals surface area contributed by atoms with Crippen LogP contribution in [-0.4, -0.2) is 42.5 Å². The number of likely N-dealkylation sites (tertiary alicyclic amines) is 1. The highest BCUT2D eigenvalue weighted by Crippen LogP contribution is 2.15. The van der Waals surface area contributed by atoms with Crippen molar-refractivity contribution in [1.29, 1.82) is 0 Å². The third-order valence-corrected chi connectivity index (χ3v) is 4.55. The quantitative estimate of drug-likeness (QED) is 0.855. The van der Waals surface area contributed by atoms with E-state index in [-0.39, 0.29) is 11.9 Å². The van der Waals surface area contributed by atoms with Crippen LogP contribution >= 0.6 is 15.9 Å². The Morgan fingerprint density at radius 2 is 1.95 bits per heavy atom. The summed E-state index contributed by atoms with van der Waals surface area (Å²) in [6, 6.07) is 7.91. The zero-order valence-electron chi connectivity index (χ0n) is 12.7. The number of rotatable bonds is 5. The van der Waals surface area contributed by atoms with Gasteiger partial charge in [0.1, 0.15) is 0 Å². The standard InChI is InChI=1S/C16H24BrN3O/c1-3-20-10-8-15(9-11-20)18-12(2)16(21)19-14-6-4-13(17)5-7-14/h4-7,12,15,18H,3,8-11H2,1-2H3,(H,19,21)/t12-/m1/s1.